The lowest BCUT2D eigenvalue weighted by atomic mass is 10.1. The summed E-state index contributed by atoms with van der Waals surface area (Å²) < 4.78 is 11.2. The molecule has 1 aromatic rings. The third-order valence-corrected chi connectivity index (χ3v) is 2.95. The Morgan fingerprint density at radius 1 is 1.35 bits per heavy atom. The summed E-state index contributed by atoms with van der Waals surface area (Å²) in [5, 5.41) is 3.48. The van der Waals surface area contributed by atoms with Crippen LogP contribution < -0.4 is 10.1 Å². The number of benzene rings is 1. The monoisotopic (exact) mass is 235 g/mol. The van der Waals surface area contributed by atoms with Gasteiger partial charge in [0.15, 0.2) is 0 Å². The predicted molar refractivity (Wildman–Crippen MR) is 68.4 cm³/mol. The van der Waals surface area contributed by atoms with Gasteiger partial charge in [-0.15, -0.1) is 0 Å². The van der Waals surface area contributed by atoms with Gasteiger partial charge in [-0.1, -0.05) is 19.1 Å². The zero-order chi connectivity index (χ0) is 12.1. The van der Waals surface area contributed by atoms with Gasteiger partial charge in [0, 0.05) is 6.54 Å². The molecule has 1 saturated heterocycles. The molecule has 17 heavy (non-hydrogen) atoms. The smallest absolute Gasteiger partial charge is 0.119 e. The number of rotatable bonds is 4. The summed E-state index contributed by atoms with van der Waals surface area (Å²) in [4.78, 5) is 0. The van der Waals surface area contributed by atoms with Crippen LogP contribution in [-0.4, -0.2) is 25.9 Å². The lowest BCUT2D eigenvalue weighted by Gasteiger charge is -2.28. The first kappa shape index (κ1) is 12.4. The van der Waals surface area contributed by atoms with E-state index < -0.39 is 0 Å². The Hall–Kier alpha value is -1.06. The van der Waals surface area contributed by atoms with E-state index in [4.69, 9.17) is 9.47 Å². The molecule has 2 unspecified atom stereocenters. The second kappa shape index (κ2) is 6.03. The minimum Gasteiger partial charge on any atom is -0.494 e. The molecule has 0 amide bonds. The van der Waals surface area contributed by atoms with Crippen LogP contribution in [0.2, 0.25) is 0 Å². The number of hydrogen-bond donors (Lipinski definition) is 1. The summed E-state index contributed by atoms with van der Waals surface area (Å²) >= 11 is 0. The molecule has 1 aliphatic rings. The number of hydrogen-bond acceptors (Lipinski definition) is 3. The second-order valence-corrected chi connectivity index (χ2v) is 4.52. The SMILES string of the molecule is CCCOc1ccc(C2COC(C)CN2)cc1. The van der Waals surface area contributed by atoms with E-state index in [-0.39, 0.29) is 0 Å². The summed E-state index contributed by atoms with van der Waals surface area (Å²) in [6.45, 7) is 6.64. The van der Waals surface area contributed by atoms with Crippen molar-refractivity contribution in [2.75, 3.05) is 19.8 Å². The summed E-state index contributed by atoms with van der Waals surface area (Å²) in [6, 6.07) is 8.60. The van der Waals surface area contributed by atoms with Gasteiger partial charge in [0.25, 0.3) is 0 Å². The van der Waals surface area contributed by atoms with Crippen molar-refractivity contribution in [3.63, 3.8) is 0 Å². The lowest BCUT2D eigenvalue weighted by molar-refractivity contribution is 0.0149. The zero-order valence-electron chi connectivity index (χ0n) is 10.6. The molecule has 0 saturated carbocycles. The third kappa shape index (κ3) is 3.45. The van der Waals surface area contributed by atoms with E-state index in [1.54, 1.807) is 0 Å². The zero-order valence-corrected chi connectivity index (χ0v) is 10.6. The summed E-state index contributed by atoms with van der Waals surface area (Å²) in [6.07, 6.45) is 1.36. The van der Waals surface area contributed by atoms with Gasteiger partial charge in [0.2, 0.25) is 0 Å². The van der Waals surface area contributed by atoms with E-state index in [1.165, 1.54) is 5.56 Å². The van der Waals surface area contributed by atoms with Crippen molar-refractivity contribution >= 4 is 0 Å². The normalized spacial score (nSPS) is 24.6. The molecule has 94 valence electrons. The number of morpholine rings is 1. The maximum atomic E-state index is 5.65. The van der Waals surface area contributed by atoms with E-state index in [0.717, 1.165) is 31.9 Å². The molecule has 0 bridgehead atoms. The molecule has 1 N–H and O–H groups in total. The first-order valence-electron chi connectivity index (χ1n) is 6.37. The van der Waals surface area contributed by atoms with Crippen LogP contribution in [-0.2, 0) is 4.74 Å². The van der Waals surface area contributed by atoms with Crippen molar-refractivity contribution in [2.24, 2.45) is 0 Å². The quantitative estimate of drug-likeness (QED) is 0.870. The van der Waals surface area contributed by atoms with Gasteiger partial charge in [0.1, 0.15) is 5.75 Å². The van der Waals surface area contributed by atoms with Crippen molar-refractivity contribution in [3.8, 4) is 5.75 Å². The van der Waals surface area contributed by atoms with Crippen molar-refractivity contribution in [3.05, 3.63) is 29.8 Å². The maximum absolute atomic E-state index is 5.65. The van der Waals surface area contributed by atoms with Crippen LogP contribution in [0.15, 0.2) is 24.3 Å². The van der Waals surface area contributed by atoms with Crippen molar-refractivity contribution < 1.29 is 9.47 Å². The van der Waals surface area contributed by atoms with Gasteiger partial charge in [-0.3, -0.25) is 0 Å². The molecule has 1 fully saturated rings. The largest absolute Gasteiger partial charge is 0.494 e. The van der Waals surface area contributed by atoms with Crippen LogP contribution in [0.1, 0.15) is 31.9 Å². The third-order valence-electron chi connectivity index (χ3n) is 2.95. The van der Waals surface area contributed by atoms with E-state index in [1.807, 2.05) is 12.1 Å². The number of nitrogens with one attached hydrogen (secondary N) is 1. The van der Waals surface area contributed by atoms with Crippen molar-refractivity contribution in [1.29, 1.82) is 0 Å². The molecule has 0 radical (unpaired) electrons. The van der Waals surface area contributed by atoms with Gasteiger partial charge >= 0.3 is 0 Å². The highest BCUT2D eigenvalue weighted by Crippen LogP contribution is 2.20. The van der Waals surface area contributed by atoms with Crippen molar-refractivity contribution in [2.45, 2.75) is 32.4 Å². The standard InChI is InChI=1S/C14H21NO2/c1-3-8-16-13-6-4-12(5-7-13)14-10-17-11(2)9-15-14/h4-7,11,14-15H,3,8-10H2,1-2H3. The predicted octanol–water partition coefficient (Wildman–Crippen LogP) is 2.52. The molecule has 2 rings (SSSR count). The van der Waals surface area contributed by atoms with Crippen LogP contribution >= 0.6 is 0 Å². The van der Waals surface area contributed by atoms with Gasteiger partial charge in [-0.25, -0.2) is 0 Å². The van der Waals surface area contributed by atoms with Crippen LogP contribution in [0.5, 0.6) is 5.75 Å². The van der Waals surface area contributed by atoms with Crippen LogP contribution in [0.25, 0.3) is 0 Å². The minimum atomic E-state index is 0.312. The Bertz CT molecular complexity index is 329. The average Bonchev–Trinajstić information content (AvgIpc) is 2.38. The molecule has 1 aliphatic heterocycles. The van der Waals surface area contributed by atoms with Gasteiger partial charge < -0.3 is 14.8 Å². The number of ether oxygens (including phenoxy) is 2. The fraction of sp³-hybridized carbons (Fsp3) is 0.571. The summed E-state index contributed by atoms with van der Waals surface area (Å²) in [7, 11) is 0. The van der Waals surface area contributed by atoms with E-state index in [0.29, 0.717) is 12.1 Å². The fourth-order valence-electron chi connectivity index (χ4n) is 1.92. The Balaban J connectivity index is 1.93. The molecule has 0 aromatic heterocycles. The first-order valence-corrected chi connectivity index (χ1v) is 6.37. The maximum Gasteiger partial charge on any atom is 0.119 e. The molecule has 3 heteroatoms. The van der Waals surface area contributed by atoms with Gasteiger partial charge in [0.05, 0.1) is 25.4 Å². The van der Waals surface area contributed by atoms with Crippen LogP contribution in [0, 0.1) is 0 Å². The Labute approximate surface area is 103 Å². The summed E-state index contributed by atoms with van der Waals surface area (Å²) in [5.74, 6) is 0.945. The van der Waals surface area contributed by atoms with E-state index in [9.17, 15) is 0 Å². The molecule has 0 aliphatic carbocycles. The molecule has 1 heterocycles. The molecule has 1 aromatic carbocycles. The molecular weight excluding hydrogens is 214 g/mol. The summed E-state index contributed by atoms with van der Waals surface area (Å²) in [5.41, 5.74) is 1.26. The second-order valence-electron chi connectivity index (χ2n) is 4.52. The topological polar surface area (TPSA) is 30.5 Å². The van der Waals surface area contributed by atoms with Crippen LogP contribution in [0.3, 0.4) is 0 Å². The molecular formula is C14H21NO2. The fourth-order valence-corrected chi connectivity index (χ4v) is 1.92. The lowest BCUT2D eigenvalue weighted by Crippen LogP contribution is -2.39. The average molecular weight is 235 g/mol. The van der Waals surface area contributed by atoms with Gasteiger partial charge in [-0.05, 0) is 31.0 Å². The Morgan fingerprint density at radius 2 is 2.12 bits per heavy atom. The van der Waals surface area contributed by atoms with Gasteiger partial charge in [-0.2, -0.15) is 0 Å². The highest BCUT2D eigenvalue weighted by Gasteiger charge is 2.18. The first-order chi connectivity index (χ1) is 8.29. The highest BCUT2D eigenvalue weighted by molar-refractivity contribution is 5.29. The molecule has 0 spiro atoms. The van der Waals surface area contributed by atoms with Crippen LogP contribution in [0.4, 0.5) is 0 Å². The van der Waals surface area contributed by atoms with E-state index in [2.05, 4.69) is 31.3 Å². The Kier molecular flexibility index (Phi) is 4.40. The Morgan fingerprint density at radius 3 is 2.71 bits per heavy atom. The minimum absolute atomic E-state index is 0.312. The van der Waals surface area contributed by atoms with Crippen molar-refractivity contribution in [1.82, 2.24) is 5.32 Å². The molecule has 3 nitrogen and oxygen atoms in total. The van der Waals surface area contributed by atoms with E-state index >= 15 is 0 Å². The highest BCUT2D eigenvalue weighted by atomic mass is 16.5. The molecule has 2 atom stereocenters.